The lowest BCUT2D eigenvalue weighted by atomic mass is 9.85. The minimum absolute atomic E-state index is 0.169. The second kappa shape index (κ2) is 8.95. The highest BCUT2D eigenvalue weighted by Gasteiger charge is 2.45. The number of ether oxygens (including phenoxy) is 1. The molecular weight excluding hydrogens is 435 g/mol. The first-order chi connectivity index (χ1) is 16.5. The maximum atomic E-state index is 13.6. The molecule has 1 fully saturated rings. The molecule has 2 aliphatic heterocycles. The van der Waals surface area contributed by atoms with Gasteiger partial charge in [-0.1, -0.05) is 23.4 Å². The van der Waals surface area contributed by atoms with Gasteiger partial charge in [0, 0.05) is 12.7 Å². The second-order valence-corrected chi connectivity index (χ2v) is 8.66. The van der Waals surface area contributed by atoms with Crippen molar-refractivity contribution in [3.8, 4) is 11.4 Å². The number of fused-ring (bicyclic) bond motifs is 1. The minimum atomic E-state index is -0.814. The number of aliphatic hydroxyl groups excluding tert-OH is 1. The number of aryl methyl sites for hydroxylation is 1. The summed E-state index contributed by atoms with van der Waals surface area (Å²) in [6.07, 6.45) is 7.53. The Labute approximate surface area is 197 Å². The predicted molar refractivity (Wildman–Crippen MR) is 127 cm³/mol. The van der Waals surface area contributed by atoms with Gasteiger partial charge in [-0.2, -0.15) is 0 Å². The van der Waals surface area contributed by atoms with E-state index in [0.29, 0.717) is 5.84 Å². The van der Waals surface area contributed by atoms with Crippen LogP contribution in [0.3, 0.4) is 0 Å². The maximum Gasteiger partial charge on any atom is 0.172 e. The molecule has 1 N–H and O–H groups in total. The minimum Gasteiger partial charge on any atom is -0.495 e. The summed E-state index contributed by atoms with van der Waals surface area (Å²) in [5.41, 5.74) is 3.80. The van der Waals surface area contributed by atoms with E-state index in [2.05, 4.69) is 21.1 Å². The molecule has 2 aliphatic rings. The van der Waals surface area contributed by atoms with E-state index in [4.69, 9.17) is 9.57 Å². The number of methoxy groups -OCH3 is 1. The zero-order valence-electron chi connectivity index (χ0n) is 19.2. The van der Waals surface area contributed by atoms with Gasteiger partial charge in [-0.05, 0) is 66.8 Å². The van der Waals surface area contributed by atoms with Crippen molar-refractivity contribution in [2.75, 3.05) is 26.9 Å². The van der Waals surface area contributed by atoms with Crippen molar-refractivity contribution < 1.29 is 19.1 Å². The quantitative estimate of drug-likeness (QED) is 0.620. The second-order valence-electron chi connectivity index (χ2n) is 8.66. The Morgan fingerprint density at radius 2 is 2.06 bits per heavy atom. The van der Waals surface area contributed by atoms with Crippen molar-refractivity contribution in [2.45, 2.75) is 25.3 Å². The van der Waals surface area contributed by atoms with E-state index in [0.717, 1.165) is 53.2 Å². The van der Waals surface area contributed by atoms with E-state index < -0.39 is 5.54 Å². The highest BCUT2D eigenvalue weighted by Crippen LogP contribution is 2.38. The Morgan fingerprint density at radius 1 is 1.24 bits per heavy atom. The van der Waals surface area contributed by atoms with Crippen molar-refractivity contribution >= 4 is 11.9 Å². The van der Waals surface area contributed by atoms with Crippen molar-refractivity contribution in [1.29, 1.82) is 0 Å². The van der Waals surface area contributed by atoms with Crippen LogP contribution in [-0.4, -0.2) is 52.3 Å². The molecule has 0 bridgehead atoms. The Kier molecular flexibility index (Phi) is 5.83. The topological polar surface area (TPSA) is 72.1 Å². The molecule has 1 saturated heterocycles. The lowest BCUT2D eigenvalue weighted by Gasteiger charge is -2.48. The van der Waals surface area contributed by atoms with Gasteiger partial charge < -0.3 is 24.1 Å². The molecule has 5 rings (SSSR count). The van der Waals surface area contributed by atoms with Crippen LogP contribution in [0.25, 0.3) is 11.8 Å². The zero-order valence-corrected chi connectivity index (χ0v) is 19.2. The summed E-state index contributed by atoms with van der Waals surface area (Å²) in [4.78, 5) is 12.0. The molecule has 34 heavy (non-hydrogen) atoms. The Balaban J connectivity index is 1.50. The number of imidazole rings is 1. The molecule has 1 unspecified atom stereocenters. The number of nitrogens with zero attached hydrogens (tertiary/aromatic N) is 4. The Hall–Kier alpha value is -3.65. The summed E-state index contributed by atoms with van der Waals surface area (Å²) < 4.78 is 21.2. The molecule has 176 valence electrons. The first kappa shape index (κ1) is 22.2. The summed E-state index contributed by atoms with van der Waals surface area (Å²) in [5, 5.41) is 14.8. The smallest absolute Gasteiger partial charge is 0.172 e. The fraction of sp³-hybridized carbons (Fsp3) is 0.308. The summed E-state index contributed by atoms with van der Waals surface area (Å²) in [6.45, 7) is 2.69. The molecule has 1 aromatic heterocycles. The van der Waals surface area contributed by atoms with Crippen LogP contribution in [0.2, 0.25) is 0 Å². The number of aromatic nitrogens is 2. The zero-order chi connectivity index (χ0) is 23.7. The monoisotopic (exact) mass is 462 g/mol. The Morgan fingerprint density at radius 3 is 2.76 bits per heavy atom. The number of halogens is 1. The van der Waals surface area contributed by atoms with Gasteiger partial charge in [-0.3, -0.25) is 0 Å². The van der Waals surface area contributed by atoms with E-state index in [1.54, 1.807) is 25.6 Å². The highest BCUT2D eigenvalue weighted by molar-refractivity contribution is 6.03. The van der Waals surface area contributed by atoms with Crippen LogP contribution < -0.4 is 4.74 Å². The van der Waals surface area contributed by atoms with Crippen LogP contribution in [0, 0.1) is 12.7 Å². The van der Waals surface area contributed by atoms with Gasteiger partial charge in [0.15, 0.2) is 5.84 Å². The van der Waals surface area contributed by atoms with Gasteiger partial charge in [0.05, 0.1) is 31.4 Å². The third-order valence-corrected chi connectivity index (χ3v) is 6.52. The van der Waals surface area contributed by atoms with E-state index in [9.17, 15) is 9.50 Å². The van der Waals surface area contributed by atoms with Crippen molar-refractivity contribution in [3.05, 3.63) is 83.2 Å². The summed E-state index contributed by atoms with van der Waals surface area (Å²) >= 11 is 0. The molecule has 3 heterocycles. The molecule has 8 heteroatoms. The standard InChI is InChI=1S/C26H27FN4O3/c1-18-14-30(17-28-18)23-10-5-19(13-24(23)33-2)12-20-4-3-11-31-25(20)29-34-16-26(31,15-32)21-6-8-22(27)9-7-21/h5-10,12-14,17,32H,3-4,11,15-16H2,1-2H3/b20-12-. The molecule has 0 spiro atoms. The number of amidine groups is 1. The number of oxime groups is 1. The first-order valence-electron chi connectivity index (χ1n) is 11.3. The number of aliphatic hydroxyl groups is 1. The van der Waals surface area contributed by atoms with Gasteiger partial charge >= 0.3 is 0 Å². The molecule has 0 radical (unpaired) electrons. The lowest BCUT2D eigenvalue weighted by Crippen LogP contribution is -2.59. The van der Waals surface area contributed by atoms with Gasteiger partial charge in [-0.25, -0.2) is 9.37 Å². The van der Waals surface area contributed by atoms with E-state index >= 15 is 0 Å². The average Bonchev–Trinajstić information content (AvgIpc) is 3.30. The van der Waals surface area contributed by atoms with Crippen LogP contribution in [0.4, 0.5) is 4.39 Å². The van der Waals surface area contributed by atoms with Crippen molar-refractivity contribution in [2.24, 2.45) is 5.16 Å². The van der Waals surface area contributed by atoms with Crippen LogP contribution in [0.1, 0.15) is 29.7 Å². The molecule has 7 nitrogen and oxygen atoms in total. The van der Waals surface area contributed by atoms with Crippen LogP contribution >= 0.6 is 0 Å². The highest BCUT2D eigenvalue weighted by atomic mass is 19.1. The molecule has 2 aromatic carbocycles. The van der Waals surface area contributed by atoms with Crippen LogP contribution in [0.5, 0.6) is 5.75 Å². The summed E-state index contributed by atoms with van der Waals surface area (Å²) in [7, 11) is 1.65. The first-order valence-corrected chi connectivity index (χ1v) is 11.3. The van der Waals surface area contributed by atoms with Crippen molar-refractivity contribution in [1.82, 2.24) is 14.5 Å². The van der Waals surface area contributed by atoms with Crippen molar-refractivity contribution in [3.63, 3.8) is 0 Å². The average molecular weight is 463 g/mol. The van der Waals surface area contributed by atoms with Gasteiger partial charge in [-0.15, -0.1) is 0 Å². The number of hydrogen-bond donors (Lipinski definition) is 1. The molecule has 3 aromatic rings. The number of hydrogen-bond acceptors (Lipinski definition) is 6. The van der Waals surface area contributed by atoms with Gasteiger partial charge in [0.25, 0.3) is 0 Å². The van der Waals surface area contributed by atoms with Crippen LogP contribution in [-0.2, 0) is 10.4 Å². The van der Waals surface area contributed by atoms with E-state index in [1.807, 2.05) is 35.9 Å². The third-order valence-electron chi connectivity index (χ3n) is 6.52. The third kappa shape index (κ3) is 3.84. The SMILES string of the molecule is COc1cc(/C=C2/CCCN3C2=NOCC3(CO)c2ccc(F)cc2)ccc1-n1cnc(C)c1. The number of benzene rings is 2. The molecule has 0 aliphatic carbocycles. The largest absolute Gasteiger partial charge is 0.495 e. The molecule has 1 atom stereocenters. The molecular formula is C26H27FN4O3. The Bertz CT molecular complexity index is 1250. The van der Waals surface area contributed by atoms with E-state index in [1.165, 1.54) is 12.1 Å². The fourth-order valence-electron chi connectivity index (χ4n) is 4.73. The molecule has 0 amide bonds. The van der Waals surface area contributed by atoms with Crippen LogP contribution in [0.15, 0.2) is 65.7 Å². The summed E-state index contributed by atoms with van der Waals surface area (Å²) in [6, 6.07) is 12.3. The lowest BCUT2D eigenvalue weighted by molar-refractivity contribution is -0.0383. The predicted octanol–water partition coefficient (Wildman–Crippen LogP) is 4.04. The van der Waals surface area contributed by atoms with E-state index in [-0.39, 0.29) is 19.0 Å². The number of piperidine rings is 1. The van der Waals surface area contributed by atoms with Gasteiger partial charge in [0.1, 0.15) is 23.7 Å². The number of rotatable bonds is 5. The summed E-state index contributed by atoms with van der Waals surface area (Å²) in [5.74, 6) is 1.12. The molecule has 0 saturated carbocycles. The fourth-order valence-corrected chi connectivity index (χ4v) is 4.73. The normalized spacial score (nSPS) is 21.1. The van der Waals surface area contributed by atoms with Gasteiger partial charge in [0.2, 0.25) is 0 Å². The maximum absolute atomic E-state index is 13.6.